The Morgan fingerprint density at radius 1 is 1.26 bits per heavy atom. The number of rotatable bonds is 9. The first-order valence-electron chi connectivity index (χ1n) is 9.62. The third-order valence-corrected chi connectivity index (χ3v) is 5.70. The second-order valence-corrected chi connectivity index (χ2v) is 8.56. The van der Waals surface area contributed by atoms with Gasteiger partial charge in [-0.2, -0.15) is 4.99 Å². The number of carboxylic acids is 1. The van der Waals surface area contributed by atoms with Crippen molar-refractivity contribution in [3.05, 3.63) is 33.7 Å². The van der Waals surface area contributed by atoms with Crippen LogP contribution in [0.15, 0.2) is 28.1 Å². The molecule has 0 saturated carbocycles. The lowest BCUT2D eigenvalue weighted by Gasteiger charge is -2.13. The normalized spacial score (nSPS) is 16.4. The molecule has 31 heavy (non-hydrogen) atoms. The minimum absolute atomic E-state index is 0.129. The summed E-state index contributed by atoms with van der Waals surface area (Å²) in [6, 6.07) is 5.09. The van der Waals surface area contributed by atoms with Crippen LogP contribution in [0.2, 0.25) is 0 Å². The Morgan fingerprint density at radius 3 is 2.71 bits per heavy atom. The maximum absolute atomic E-state index is 13.0. The van der Waals surface area contributed by atoms with Gasteiger partial charge < -0.3 is 14.6 Å². The van der Waals surface area contributed by atoms with Crippen molar-refractivity contribution in [2.24, 2.45) is 4.99 Å². The SMILES string of the molecule is CCCN1C(=O)/C(=C\c2ccc(OCC(=O)O)c(OCC)c2)S/C1=N/c1nnc(C)s1. The molecule has 11 heteroatoms. The van der Waals surface area contributed by atoms with Crippen LogP contribution in [0.4, 0.5) is 5.13 Å². The zero-order valence-electron chi connectivity index (χ0n) is 17.3. The molecule has 2 heterocycles. The molecule has 3 rings (SSSR count). The lowest BCUT2D eigenvalue weighted by Crippen LogP contribution is -2.29. The lowest BCUT2D eigenvalue weighted by molar-refractivity contribution is -0.139. The molecular formula is C20H22N4O5S2. The summed E-state index contributed by atoms with van der Waals surface area (Å²) in [4.78, 5) is 30.4. The van der Waals surface area contributed by atoms with E-state index in [9.17, 15) is 9.59 Å². The topological polar surface area (TPSA) is 114 Å². The molecule has 1 fully saturated rings. The lowest BCUT2D eigenvalue weighted by atomic mass is 10.2. The zero-order valence-corrected chi connectivity index (χ0v) is 19.0. The van der Waals surface area contributed by atoms with Crippen molar-refractivity contribution in [1.29, 1.82) is 0 Å². The molecule has 0 radical (unpaired) electrons. The van der Waals surface area contributed by atoms with Crippen LogP contribution in [0.1, 0.15) is 30.8 Å². The van der Waals surface area contributed by atoms with Gasteiger partial charge in [-0.1, -0.05) is 24.3 Å². The highest BCUT2D eigenvalue weighted by molar-refractivity contribution is 8.18. The Balaban J connectivity index is 1.89. The first kappa shape index (κ1) is 22.8. The van der Waals surface area contributed by atoms with Crippen molar-refractivity contribution < 1.29 is 24.2 Å². The average molecular weight is 463 g/mol. The van der Waals surface area contributed by atoms with E-state index in [4.69, 9.17) is 14.6 Å². The maximum Gasteiger partial charge on any atom is 0.341 e. The van der Waals surface area contributed by atoms with Crippen molar-refractivity contribution in [1.82, 2.24) is 15.1 Å². The summed E-state index contributed by atoms with van der Waals surface area (Å²) in [5, 5.41) is 18.7. The molecule has 0 aliphatic carbocycles. The maximum atomic E-state index is 13.0. The van der Waals surface area contributed by atoms with E-state index in [0.717, 1.165) is 17.0 Å². The average Bonchev–Trinajstić information content (AvgIpc) is 3.26. The van der Waals surface area contributed by atoms with Gasteiger partial charge in [-0.25, -0.2) is 4.79 Å². The van der Waals surface area contributed by atoms with Crippen LogP contribution in [0.25, 0.3) is 6.08 Å². The minimum Gasteiger partial charge on any atom is -0.490 e. The summed E-state index contributed by atoms with van der Waals surface area (Å²) in [6.07, 6.45) is 2.55. The van der Waals surface area contributed by atoms with Gasteiger partial charge in [0.25, 0.3) is 5.91 Å². The Hall–Kier alpha value is -2.92. The molecule has 1 aromatic carbocycles. The van der Waals surface area contributed by atoms with Crippen molar-refractivity contribution in [2.45, 2.75) is 27.2 Å². The van der Waals surface area contributed by atoms with E-state index in [2.05, 4.69) is 15.2 Å². The first-order valence-corrected chi connectivity index (χ1v) is 11.3. The van der Waals surface area contributed by atoms with E-state index in [1.807, 2.05) is 20.8 Å². The summed E-state index contributed by atoms with van der Waals surface area (Å²) in [5.74, 6) is -0.457. The van der Waals surface area contributed by atoms with Crippen LogP contribution < -0.4 is 9.47 Å². The number of nitrogens with zero attached hydrogens (tertiary/aromatic N) is 4. The van der Waals surface area contributed by atoms with E-state index in [0.29, 0.717) is 39.9 Å². The number of aryl methyl sites for hydroxylation is 1. The van der Waals surface area contributed by atoms with Crippen molar-refractivity contribution in [3.63, 3.8) is 0 Å². The van der Waals surface area contributed by atoms with Crippen LogP contribution in [-0.2, 0) is 9.59 Å². The molecule has 1 amide bonds. The number of carboxylic acid groups (broad SMARTS) is 1. The number of amidine groups is 1. The number of amides is 1. The molecule has 0 spiro atoms. The number of aliphatic carboxylic acids is 1. The second-order valence-electron chi connectivity index (χ2n) is 6.39. The molecule has 1 N–H and O–H groups in total. The molecule has 1 saturated heterocycles. The van der Waals surface area contributed by atoms with E-state index in [1.165, 1.54) is 23.1 Å². The highest BCUT2D eigenvalue weighted by atomic mass is 32.2. The van der Waals surface area contributed by atoms with E-state index < -0.39 is 12.6 Å². The van der Waals surface area contributed by atoms with Gasteiger partial charge in [0.2, 0.25) is 5.13 Å². The van der Waals surface area contributed by atoms with Crippen molar-refractivity contribution in [2.75, 3.05) is 19.8 Å². The number of ether oxygens (including phenoxy) is 2. The molecule has 164 valence electrons. The third kappa shape index (κ3) is 5.82. The fourth-order valence-electron chi connectivity index (χ4n) is 2.72. The Bertz CT molecular complexity index is 1030. The van der Waals surface area contributed by atoms with Gasteiger partial charge in [0, 0.05) is 6.54 Å². The Labute approximate surface area is 187 Å². The fourth-order valence-corrected chi connectivity index (χ4v) is 4.34. The molecule has 0 unspecified atom stereocenters. The van der Waals surface area contributed by atoms with E-state index in [1.54, 1.807) is 29.2 Å². The van der Waals surface area contributed by atoms with Crippen LogP contribution in [0.5, 0.6) is 11.5 Å². The molecule has 1 aliphatic heterocycles. The number of hydrogen-bond acceptors (Lipinski definition) is 9. The number of benzene rings is 1. The summed E-state index contributed by atoms with van der Waals surface area (Å²) < 4.78 is 10.9. The Kier molecular flexibility index (Phi) is 7.64. The van der Waals surface area contributed by atoms with Gasteiger partial charge in [-0.3, -0.25) is 9.69 Å². The number of hydrogen-bond donors (Lipinski definition) is 1. The fraction of sp³-hybridized carbons (Fsp3) is 0.350. The monoisotopic (exact) mass is 462 g/mol. The molecule has 0 bridgehead atoms. The predicted molar refractivity (Wildman–Crippen MR) is 120 cm³/mol. The molecule has 2 aromatic rings. The number of carbonyl (C=O) groups is 2. The summed E-state index contributed by atoms with van der Waals surface area (Å²) >= 11 is 2.64. The van der Waals surface area contributed by atoms with E-state index in [-0.39, 0.29) is 5.91 Å². The van der Waals surface area contributed by atoms with Crippen LogP contribution in [0.3, 0.4) is 0 Å². The molecular weight excluding hydrogens is 440 g/mol. The zero-order chi connectivity index (χ0) is 22.4. The Morgan fingerprint density at radius 2 is 2.06 bits per heavy atom. The first-order chi connectivity index (χ1) is 14.9. The van der Waals surface area contributed by atoms with Crippen molar-refractivity contribution in [3.8, 4) is 11.5 Å². The van der Waals surface area contributed by atoms with Crippen LogP contribution in [-0.4, -0.2) is 57.0 Å². The van der Waals surface area contributed by atoms with E-state index >= 15 is 0 Å². The highest BCUT2D eigenvalue weighted by Crippen LogP contribution is 2.36. The quantitative estimate of drug-likeness (QED) is 0.561. The number of aliphatic imine (C=N–C) groups is 1. The van der Waals surface area contributed by atoms with Crippen molar-refractivity contribution >= 4 is 51.4 Å². The number of carbonyl (C=O) groups excluding carboxylic acids is 1. The van der Waals surface area contributed by atoms with Crippen LogP contribution >= 0.6 is 23.1 Å². The smallest absolute Gasteiger partial charge is 0.341 e. The van der Waals surface area contributed by atoms with Gasteiger partial charge in [0.05, 0.1) is 11.5 Å². The number of thioether (sulfide) groups is 1. The minimum atomic E-state index is -1.07. The van der Waals surface area contributed by atoms with Gasteiger partial charge >= 0.3 is 5.97 Å². The van der Waals surface area contributed by atoms with Gasteiger partial charge in [0.15, 0.2) is 23.3 Å². The van der Waals surface area contributed by atoms with Crippen LogP contribution in [0, 0.1) is 6.92 Å². The molecule has 1 aliphatic rings. The third-order valence-electron chi connectivity index (χ3n) is 3.96. The number of aromatic nitrogens is 2. The second kappa shape index (κ2) is 10.4. The molecule has 1 aromatic heterocycles. The predicted octanol–water partition coefficient (Wildman–Crippen LogP) is 3.72. The summed E-state index contributed by atoms with van der Waals surface area (Å²) in [5.41, 5.74) is 0.728. The molecule has 9 nitrogen and oxygen atoms in total. The standard InChI is InChI=1S/C20H22N4O5S2/c1-4-8-24-18(27)16(31-20(24)21-19-23-22-12(3)30-19)10-13-6-7-14(29-11-17(25)26)15(9-13)28-5-2/h6-7,9-10H,4-5,8,11H2,1-3H3,(H,25,26)/b16-10+,21-20+. The largest absolute Gasteiger partial charge is 0.490 e. The van der Waals surface area contributed by atoms with Gasteiger partial charge in [-0.15, -0.1) is 10.2 Å². The van der Waals surface area contributed by atoms with Gasteiger partial charge in [0.1, 0.15) is 5.01 Å². The molecule has 0 atom stereocenters. The van der Waals surface area contributed by atoms with Gasteiger partial charge in [-0.05, 0) is 55.8 Å². The summed E-state index contributed by atoms with van der Waals surface area (Å²) in [7, 11) is 0. The summed E-state index contributed by atoms with van der Waals surface area (Å²) in [6.45, 7) is 6.14. The highest BCUT2D eigenvalue weighted by Gasteiger charge is 2.33.